The molecule has 8 heteroatoms. The van der Waals surface area contributed by atoms with Crippen LogP contribution in [-0.4, -0.2) is 31.4 Å². The Bertz CT molecular complexity index is 839. The van der Waals surface area contributed by atoms with Gasteiger partial charge in [0, 0.05) is 7.05 Å². The Morgan fingerprint density at radius 3 is 2.95 bits per heavy atom. The highest BCUT2D eigenvalue weighted by Crippen LogP contribution is 2.29. The molecule has 0 bridgehead atoms. The largest absolute Gasteiger partial charge is 0.312 e. The van der Waals surface area contributed by atoms with Crippen LogP contribution in [0.2, 0.25) is 0 Å². The van der Waals surface area contributed by atoms with E-state index in [0.717, 1.165) is 15.8 Å². The SMILES string of the molecule is Cc1cc(C)c2nc(NC(=O)CSc3nncn3C)sc2c1. The summed E-state index contributed by atoms with van der Waals surface area (Å²) in [6.07, 6.45) is 1.61. The number of hydrogen-bond donors (Lipinski definition) is 1. The standard InChI is InChI=1S/C14H15N5OS2/c1-8-4-9(2)12-10(5-8)22-13(17-12)16-11(20)6-21-14-18-15-7-19(14)3/h4-5,7H,6H2,1-3H3,(H,16,17,20). The number of aromatic nitrogens is 4. The van der Waals surface area contributed by atoms with Crippen molar-refractivity contribution in [3.63, 3.8) is 0 Å². The molecule has 3 aromatic rings. The molecule has 0 spiro atoms. The minimum atomic E-state index is -0.0959. The van der Waals surface area contributed by atoms with E-state index in [1.54, 1.807) is 10.9 Å². The van der Waals surface area contributed by atoms with Crippen molar-refractivity contribution in [2.45, 2.75) is 19.0 Å². The molecule has 0 aliphatic heterocycles. The maximum atomic E-state index is 12.0. The number of thiazole rings is 1. The molecule has 0 saturated carbocycles. The molecule has 1 N–H and O–H groups in total. The molecule has 0 aliphatic rings. The Labute approximate surface area is 136 Å². The molecule has 2 heterocycles. The van der Waals surface area contributed by atoms with Crippen molar-refractivity contribution in [1.29, 1.82) is 0 Å². The third kappa shape index (κ3) is 3.12. The number of nitrogens with zero attached hydrogens (tertiary/aromatic N) is 4. The Balaban J connectivity index is 1.69. The zero-order chi connectivity index (χ0) is 15.7. The van der Waals surface area contributed by atoms with Gasteiger partial charge >= 0.3 is 0 Å². The molecule has 0 fully saturated rings. The van der Waals surface area contributed by atoms with Gasteiger partial charge in [-0.15, -0.1) is 10.2 Å². The molecule has 6 nitrogen and oxygen atoms in total. The van der Waals surface area contributed by atoms with Gasteiger partial charge in [0.25, 0.3) is 0 Å². The highest BCUT2D eigenvalue weighted by molar-refractivity contribution is 7.99. The Morgan fingerprint density at radius 2 is 2.23 bits per heavy atom. The van der Waals surface area contributed by atoms with Crippen molar-refractivity contribution in [2.75, 3.05) is 11.1 Å². The number of hydrogen-bond acceptors (Lipinski definition) is 6. The first-order valence-electron chi connectivity index (χ1n) is 6.67. The van der Waals surface area contributed by atoms with Gasteiger partial charge in [-0.1, -0.05) is 29.2 Å². The molecule has 2 aromatic heterocycles. The molecule has 0 atom stereocenters. The maximum Gasteiger partial charge on any atom is 0.236 e. The van der Waals surface area contributed by atoms with Gasteiger partial charge in [-0.2, -0.15) is 0 Å². The minimum Gasteiger partial charge on any atom is -0.312 e. The van der Waals surface area contributed by atoms with E-state index in [2.05, 4.69) is 39.6 Å². The summed E-state index contributed by atoms with van der Waals surface area (Å²) in [6, 6.07) is 4.18. The first kappa shape index (κ1) is 15.0. The number of anilines is 1. The first-order chi connectivity index (χ1) is 10.5. The summed E-state index contributed by atoms with van der Waals surface area (Å²) in [5.41, 5.74) is 3.27. The van der Waals surface area contributed by atoms with E-state index < -0.39 is 0 Å². The van der Waals surface area contributed by atoms with Crippen molar-refractivity contribution >= 4 is 44.4 Å². The quantitative estimate of drug-likeness (QED) is 0.743. The number of aryl methyl sites for hydroxylation is 3. The van der Waals surface area contributed by atoms with Gasteiger partial charge in [0.1, 0.15) is 6.33 Å². The molecule has 0 aliphatic carbocycles. The summed E-state index contributed by atoms with van der Waals surface area (Å²) < 4.78 is 2.87. The predicted molar refractivity (Wildman–Crippen MR) is 89.5 cm³/mol. The van der Waals surface area contributed by atoms with E-state index in [9.17, 15) is 4.79 Å². The lowest BCUT2D eigenvalue weighted by Crippen LogP contribution is -2.14. The van der Waals surface area contributed by atoms with Crippen LogP contribution in [0.3, 0.4) is 0 Å². The molecule has 0 saturated heterocycles. The van der Waals surface area contributed by atoms with Crippen LogP contribution >= 0.6 is 23.1 Å². The summed E-state index contributed by atoms with van der Waals surface area (Å²) in [5, 5.41) is 11.9. The summed E-state index contributed by atoms with van der Waals surface area (Å²) in [6.45, 7) is 4.09. The highest BCUT2D eigenvalue weighted by Gasteiger charge is 2.11. The molecule has 1 amide bonds. The molecule has 3 rings (SSSR count). The van der Waals surface area contributed by atoms with E-state index in [0.29, 0.717) is 10.3 Å². The van der Waals surface area contributed by atoms with E-state index in [1.165, 1.54) is 28.7 Å². The zero-order valence-corrected chi connectivity index (χ0v) is 14.1. The smallest absolute Gasteiger partial charge is 0.236 e. The predicted octanol–water partition coefficient (Wildman–Crippen LogP) is 2.77. The van der Waals surface area contributed by atoms with Crippen molar-refractivity contribution in [3.8, 4) is 0 Å². The van der Waals surface area contributed by atoms with Crippen LogP contribution in [-0.2, 0) is 11.8 Å². The minimum absolute atomic E-state index is 0.0959. The molecule has 1 aromatic carbocycles. The lowest BCUT2D eigenvalue weighted by Gasteiger charge is -2.01. The Kier molecular flexibility index (Phi) is 4.12. The number of carbonyl (C=O) groups excluding carboxylic acids is 1. The van der Waals surface area contributed by atoms with Gasteiger partial charge < -0.3 is 9.88 Å². The average Bonchev–Trinajstić information content (AvgIpc) is 3.02. The topological polar surface area (TPSA) is 72.7 Å². The van der Waals surface area contributed by atoms with Crippen LogP contribution in [0.25, 0.3) is 10.2 Å². The number of rotatable bonds is 4. The lowest BCUT2D eigenvalue weighted by atomic mass is 10.1. The molecule has 114 valence electrons. The van der Waals surface area contributed by atoms with Crippen molar-refractivity contribution in [3.05, 3.63) is 29.6 Å². The third-order valence-electron chi connectivity index (χ3n) is 3.08. The van der Waals surface area contributed by atoms with E-state index in [4.69, 9.17) is 0 Å². The van der Waals surface area contributed by atoms with Crippen LogP contribution in [0.4, 0.5) is 5.13 Å². The third-order valence-corrected chi connectivity index (χ3v) is 5.03. The molecule has 0 radical (unpaired) electrons. The van der Waals surface area contributed by atoms with Gasteiger partial charge in [0.05, 0.1) is 16.0 Å². The summed E-state index contributed by atoms with van der Waals surface area (Å²) in [4.78, 5) is 16.5. The van der Waals surface area contributed by atoms with Gasteiger partial charge in [0.15, 0.2) is 10.3 Å². The van der Waals surface area contributed by atoms with Gasteiger partial charge in [0.2, 0.25) is 5.91 Å². The van der Waals surface area contributed by atoms with Gasteiger partial charge in [-0.3, -0.25) is 4.79 Å². The number of thioether (sulfide) groups is 1. The Morgan fingerprint density at radius 1 is 1.41 bits per heavy atom. The van der Waals surface area contributed by atoms with E-state index >= 15 is 0 Å². The monoisotopic (exact) mass is 333 g/mol. The fraction of sp³-hybridized carbons (Fsp3) is 0.286. The number of fused-ring (bicyclic) bond motifs is 1. The summed E-state index contributed by atoms with van der Waals surface area (Å²) in [5.74, 6) is 0.182. The molecular formula is C14H15N5OS2. The molecule has 0 unspecified atom stereocenters. The Hall–Kier alpha value is -1.93. The van der Waals surface area contributed by atoms with Crippen LogP contribution in [0, 0.1) is 13.8 Å². The molecule has 22 heavy (non-hydrogen) atoms. The van der Waals surface area contributed by atoms with Crippen molar-refractivity contribution < 1.29 is 4.79 Å². The van der Waals surface area contributed by atoms with Crippen molar-refractivity contribution in [2.24, 2.45) is 7.05 Å². The second-order valence-corrected chi connectivity index (χ2v) is 6.98. The number of nitrogens with one attached hydrogen (secondary N) is 1. The maximum absolute atomic E-state index is 12.0. The highest BCUT2D eigenvalue weighted by atomic mass is 32.2. The number of benzene rings is 1. The fourth-order valence-electron chi connectivity index (χ4n) is 2.11. The van der Waals surface area contributed by atoms with E-state index in [-0.39, 0.29) is 11.7 Å². The molecular weight excluding hydrogens is 318 g/mol. The second-order valence-electron chi connectivity index (χ2n) is 5.01. The van der Waals surface area contributed by atoms with Crippen molar-refractivity contribution in [1.82, 2.24) is 19.7 Å². The number of amides is 1. The normalized spacial score (nSPS) is 11.0. The summed E-state index contributed by atoms with van der Waals surface area (Å²) in [7, 11) is 1.85. The first-order valence-corrected chi connectivity index (χ1v) is 8.47. The average molecular weight is 333 g/mol. The second kappa shape index (κ2) is 6.05. The number of carbonyl (C=O) groups is 1. The van der Waals surface area contributed by atoms with Gasteiger partial charge in [-0.25, -0.2) is 4.98 Å². The fourth-order valence-corrected chi connectivity index (χ4v) is 3.86. The van der Waals surface area contributed by atoms with Gasteiger partial charge in [-0.05, 0) is 31.0 Å². The van der Waals surface area contributed by atoms with Crippen LogP contribution in [0.1, 0.15) is 11.1 Å². The van der Waals surface area contributed by atoms with Crippen LogP contribution in [0.5, 0.6) is 0 Å². The van der Waals surface area contributed by atoms with Crippen LogP contribution in [0.15, 0.2) is 23.6 Å². The van der Waals surface area contributed by atoms with E-state index in [1.807, 2.05) is 14.0 Å². The van der Waals surface area contributed by atoms with Crippen LogP contribution < -0.4 is 5.32 Å². The summed E-state index contributed by atoms with van der Waals surface area (Å²) >= 11 is 2.84. The lowest BCUT2D eigenvalue weighted by molar-refractivity contribution is -0.113. The zero-order valence-electron chi connectivity index (χ0n) is 12.5.